The summed E-state index contributed by atoms with van der Waals surface area (Å²) in [5.41, 5.74) is 1.44. The normalized spacial score (nSPS) is 15.0. The lowest BCUT2D eigenvalue weighted by molar-refractivity contribution is -0.385. The predicted molar refractivity (Wildman–Crippen MR) is 84.9 cm³/mol. The Morgan fingerprint density at radius 3 is 2.43 bits per heavy atom. The quantitative estimate of drug-likeness (QED) is 0.627. The van der Waals surface area contributed by atoms with Crippen LogP contribution in [0.3, 0.4) is 0 Å². The molecule has 2 aromatic rings. The Labute approximate surface area is 132 Å². The van der Waals surface area contributed by atoms with Gasteiger partial charge in [0.15, 0.2) is 0 Å². The van der Waals surface area contributed by atoms with E-state index in [4.69, 9.17) is 4.74 Å². The molecule has 8 nitrogen and oxygen atoms in total. The van der Waals surface area contributed by atoms with Crippen LogP contribution in [0, 0.1) is 10.1 Å². The second-order valence-electron chi connectivity index (χ2n) is 4.95. The monoisotopic (exact) mass is 313 g/mol. The fraction of sp³-hybridized carbons (Fsp3) is 0.267. The summed E-state index contributed by atoms with van der Waals surface area (Å²) in [6.07, 6.45) is 8.28. The van der Waals surface area contributed by atoms with Gasteiger partial charge < -0.3 is 9.64 Å². The van der Waals surface area contributed by atoms with Gasteiger partial charge in [0.1, 0.15) is 6.20 Å². The third-order valence-corrected chi connectivity index (χ3v) is 3.38. The smallest absolute Gasteiger partial charge is 0.287 e. The lowest BCUT2D eigenvalue weighted by atomic mass is 10.2. The molecule has 1 aliphatic heterocycles. The van der Waals surface area contributed by atoms with Gasteiger partial charge in [0, 0.05) is 37.1 Å². The van der Waals surface area contributed by atoms with Crippen molar-refractivity contribution in [3.63, 3.8) is 0 Å². The molecule has 3 heterocycles. The van der Waals surface area contributed by atoms with E-state index in [0.29, 0.717) is 24.9 Å². The molecule has 0 amide bonds. The maximum absolute atomic E-state index is 10.6. The van der Waals surface area contributed by atoms with E-state index >= 15 is 0 Å². The predicted octanol–water partition coefficient (Wildman–Crippen LogP) is 1.79. The summed E-state index contributed by atoms with van der Waals surface area (Å²) in [4.78, 5) is 24.9. The summed E-state index contributed by atoms with van der Waals surface area (Å²) in [5.74, 6) is 0.693. The minimum absolute atomic E-state index is 0.0275. The van der Waals surface area contributed by atoms with E-state index in [1.807, 2.05) is 6.08 Å². The maximum Gasteiger partial charge on any atom is 0.287 e. The van der Waals surface area contributed by atoms with Gasteiger partial charge in [0.25, 0.3) is 5.69 Å². The number of nitrogens with zero attached hydrogens (tertiary/aromatic N) is 5. The highest BCUT2D eigenvalue weighted by atomic mass is 16.6. The average molecular weight is 313 g/mol. The summed E-state index contributed by atoms with van der Waals surface area (Å²) in [5, 5.41) is 10.6. The Bertz CT molecular complexity index is 694. The highest BCUT2D eigenvalue weighted by Crippen LogP contribution is 2.13. The zero-order valence-corrected chi connectivity index (χ0v) is 12.3. The fourth-order valence-corrected chi connectivity index (χ4v) is 2.13. The van der Waals surface area contributed by atoms with Gasteiger partial charge in [-0.2, -0.15) is 0 Å². The first kappa shape index (κ1) is 15.0. The van der Waals surface area contributed by atoms with E-state index in [2.05, 4.69) is 19.9 Å². The Morgan fingerprint density at radius 2 is 1.83 bits per heavy atom. The molecular weight excluding hydrogens is 298 g/mol. The molecule has 0 atom stereocenters. The Balaban J connectivity index is 1.66. The van der Waals surface area contributed by atoms with Crippen molar-refractivity contribution >= 4 is 23.8 Å². The summed E-state index contributed by atoms with van der Waals surface area (Å²) >= 11 is 0. The third-order valence-electron chi connectivity index (χ3n) is 3.38. The van der Waals surface area contributed by atoms with Gasteiger partial charge in [-0.05, 0) is 18.2 Å². The summed E-state index contributed by atoms with van der Waals surface area (Å²) in [7, 11) is 0. The Morgan fingerprint density at radius 1 is 1.09 bits per heavy atom. The van der Waals surface area contributed by atoms with Crippen molar-refractivity contribution in [2.24, 2.45) is 0 Å². The van der Waals surface area contributed by atoms with Gasteiger partial charge in [-0.25, -0.2) is 15.0 Å². The van der Waals surface area contributed by atoms with Crippen molar-refractivity contribution in [1.82, 2.24) is 15.0 Å². The number of ether oxygens (including phenoxy) is 1. The zero-order chi connectivity index (χ0) is 16.1. The average Bonchev–Trinajstić information content (AvgIpc) is 2.61. The Kier molecular flexibility index (Phi) is 4.53. The summed E-state index contributed by atoms with van der Waals surface area (Å²) in [6, 6.07) is 3.02. The van der Waals surface area contributed by atoms with Crippen molar-refractivity contribution in [2.75, 3.05) is 31.2 Å². The van der Waals surface area contributed by atoms with Crippen molar-refractivity contribution in [3.05, 3.63) is 52.1 Å². The molecule has 0 N–H and O–H groups in total. The van der Waals surface area contributed by atoms with Crippen LogP contribution >= 0.6 is 0 Å². The van der Waals surface area contributed by atoms with Crippen LogP contribution in [0.1, 0.15) is 11.3 Å². The van der Waals surface area contributed by atoms with Crippen molar-refractivity contribution in [3.8, 4) is 0 Å². The lowest BCUT2D eigenvalue weighted by Gasteiger charge is -2.26. The van der Waals surface area contributed by atoms with E-state index in [1.165, 1.54) is 12.3 Å². The van der Waals surface area contributed by atoms with Gasteiger partial charge in [0.05, 0.1) is 23.8 Å². The number of aromatic nitrogens is 3. The highest BCUT2D eigenvalue weighted by molar-refractivity contribution is 5.67. The molecule has 0 bridgehead atoms. The number of morpholine rings is 1. The van der Waals surface area contributed by atoms with Crippen LogP contribution in [-0.2, 0) is 4.74 Å². The van der Waals surface area contributed by atoms with Gasteiger partial charge in [-0.1, -0.05) is 0 Å². The lowest BCUT2D eigenvalue weighted by Crippen LogP contribution is -2.37. The standard InChI is InChI=1S/C15H15N5O3/c21-20(22)14-4-3-13(16-11-14)2-1-12-9-17-15(18-10-12)19-5-7-23-8-6-19/h1-4,9-11H,5-8H2/b2-1+. The van der Waals surface area contributed by atoms with Crippen molar-refractivity contribution in [1.29, 1.82) is 0 Å². The van der Waals surface area contributed by atoms with Gasteiger partial charge in [0.2, 0.25) is 5.95 Å². The van der Waals surface area contributed by atoms with E-state index in [1.54, 1.807) is 24.5 Å². The number of nitro groups is 1. The van der Waals surface area contributed by atoms with Gasteiger partial charge in [-0.15, -0.1) is 0 Å². The van der Waals surface area contributed by atoms with Crippen LogP contribution in [0.2, 0.25) is 0 Å². The molecule has 23 heavy (non-hydrogen) atoms. The molecule has 1 fully saturated rings. The first-order valence-corrected chi connectivity index (χ1v) is 7.15. The van der Waals surface area contributed by atoms with E-state index in [0.717, 1.165) is 18.7 Å². The zero-order valence-electron chi connectivity index (χ0n) is 12.3. The van der Waals surface area contributed by atoms with Crippen LogP contribution < -0.4 is 4.90 Å². The van der Waals surface area contributed by atoms with E-state index in [-0.39, 0.29) is 5.69 Å². The largest absolute Gasteiger partial charge is 0.378 e. The fourth-order valence-electron chi connectivity index (χ4n) is 2.13. The molecule has 3 rings (SSSR count). The molecule has 1 saturated heterocycles. The molecule has 2 aromatic heterocycles. The highest BCUT2D eigenvalue weighted by Gasteiger charge is 2.12. The van der Waals surface area contributed by atoms with Crippen LogP contribution in [0.25, 0.3) is 12.2 Å². The minimum atomic E-state index is -0.474. The molecular formula is C15H15N5O3. The SMILES string of the molecule is O=[N+]([O-])c1ccc(/C=C/c2cnc(N3CCOCC3)nc2)nc1. The molecule has 0 spiro atoms. The van der Waals surface area contributed by atoms with Gasteiger partial charge in [-0.3, -0.25) is 10.1 Å². The minimum Gasteiger partial charge on any atom is -0.378 e. The first-order valence-electron chi connectivity index (χ1n) is 7.15. The van der Waals surface area contributed by atoms with E-state index < -0.39 is 4.92 Å². The molecule has 0 radical (unpaired) electrons. The molecule has 0 saturated carbocycles. The Hall–Kier alpha value is -2.87. The maximum atomic E-state index is 10.6. The number of anilines is 1. The summed E-state index contributed by atoms with van der Waals surface area (Å²) in [6.45, 7) is 2.97. The topological polar surface area (TPSA) is 94.3 Å². The second-order valence-corrected chi connectivity index (χ2v) is 4.95. The van der Waals surface area contributed by atoms with Crippen LogP contribution in [0.5, 0.6) is 0 Å². The molecule has 8 heteroatoms. The van der Waals surface area contributed by atoms with E-state index in [9.17, 15) is 10.1 Å². The third kappa shape index (κ3) is 3.86. The summed E-state index contributed by atoms with van der Waals surface area (Å²) < 4.78 is 5.30. The van der Waals surface area contributed by atoms with Crippen LogP contribution in [0.15, 0.2) is 30.7 Å². The molecule has 1 aliphatic rings. The number of rotatable bonds is 4. The number of hydrogen-bond acceptors (Lipinski definition) is 7. The first-order chi connectivity index (χ1) is 11.2. The molecule has 118 valence electrons. The molecule has 0 unspecified atom stereocenters. The van der Waals surface area contributed by atoms with Crippen LogP contribution in [0.4, 0.5) is 11.6 Å². The van der Waals surface area contributed by atoms with Crippen molar-refractivity contribution < 1.29 is 9.66 Å². The van der Waals surface area contributed by atoms with Crippen LogP contribution in [-0.4, -0.2) is 46.2 Å². The second kappa shape index (κ2) is 6.93. The van der Waals surface area contributed by atoms with Gasteiger partial charge >= 0.3 is 0 Å². The molecule has 0 aromatic carbocycles. The van der Waals surface area contributed by atoms with Crippen molar-refractivity contribution in [2.45, 2.75) is 0 Å². The molecule has 0 aliphatic carbocycles. The number of pyridine rings is 1. The number of hydrogen-bond donors (Lipinski definition) is 0.